The smallest absolute Gasteiger partial charge is 0.315 e. The molecule has 17 heavy (non-hydrogen) atoms. The van der Waals surface area contributed by atoms with Gasteiger partial charge < -0.3 is 10.5 Å². The maximum Gasteiger partial charge on any atom is 0.315 e. The molecule has 0 fully saturated rings. The van der Waals surface area contributed by atoms with Crippen LogP contribution in [-0.4, -0.2) is 24.2 Å². The van der Waals surface area contributed by atoms with Crippen molar-refractivity contribution in [3.63, 3.8) is 0 Å². The van der Waals surface area contributed by atoms with Crippen LogP contribution in [0.3, 0.4) is 0 Å². The second-order valence-corrected chi connectivity index (χ2v) is 4.40. The summed E-state index contributed by atoms with van der Waals surface area (Å²) in [5, 5.41) is -0.513. The fraction of sp³-hybridized carbons (Fsp3) is 0.333. The third-order valence-corrected chi connectivity index (χ3v) is 3.27. The Kier molecular flexibility index (Phi) is 5.56. The molecule has 1 rings (SSSR count). The third-order valence-electron chi connectivity index (χ3n) is 2.03. The third kappa shape index (κ3) is 4.48. The number of carbonyl (C=O) groups excluding carboxylic acids is 2. The molecule has 1 aromatic carbocycles. The first kappa shape index (κ1) is 13.6. The Hall–Kier alpha value is -1.49. The first-order valence-corrected chi connectivity index (χ1v) is 6.31. The number of nitrogens with two attached hydrogens (primary N) is 1. The quantitative estimate of drug-likeness (QED) is 0.780. The number of esters is 1. The molecule has 0 aliphatic rings. The van der Waals surface area contributed by atoms with Crippen LogP contribution in [0, 0.1) is 0 Å². The number of carbonyl (C=O) groups is 2. The van der Waals surface area contributed by atoms with Crippen molar-refractivity contribution in [2.75, 3.05) is 12.4 Å². The first-order valence-electron chi connectivity index (χ1n) is 5.26. The summed E-state index contributed by atoms with van der Waals surface area (Å²) in [5.41, 5.74) is 6.12. The Labute approximate surface area is 105 Å². The van der Waals surface area contributed by atoms with E-state index in [1.54, 1.807) is 6.92 Å². The molecular formula is C12H15NO3S. The van der Waals surface area contributed by atoms with E-state index in [9.17, 15) is 9.59 Å². The zero-order valence-corrected chi connectivity index (χ0v) is 10.4. The van der Waals surface area contributed by atoms with Crippen LogP contribution >= 0.6 is 11.8 Å². The number of benzene rings is 1. The zero-order valence-electron chi connectivity index (χ0n) is 9.59. The van der Waals surface area contributed by atoms with Crippen LogP contribution in [0.15, 0.2) is 30.3 Å². The lowest BCUT2D eigenvalue weighted by atomic mass is 10.1. The number of hydrogen-bond acceptors (Lipinski definition) is 4. The summed E-state index contributed by atoms with van der Waals surface area (Å²) in [6.45, 7) is 2.08. The Morgan fingerprint density at radius 2 is 2.00 bits per heavy atom. The predicted octanol–water partition coefficient (Wildman–Crippen LogP) is 1.51. The molecule has 2 N–H and O–H groups in total. The standard InChI is InChI=1S/C12H15NO3S/c1-2-16-10(14)8-17-11(12(13)15)9-6-4-3-5-7-9/h3-7,11H,2,8H2,1H3,(H2,13,15)/t11-/m0/s1. The molecule has 0 heterocycles. The summed E-state index contributed by atoms with van der Waals surface area (Å²) in [6, 6.07) is 9.14. The molecule has 4 nitrogen and oxygen atoms in total. The van der Waals surface area contributed by atoms with Crippen molar-refractivity contribution in [1.29, 1.82) is 0 Å². The highest BCUT2D eigenvalue weighted by atomic mass is 32.2. The van der Waals surface area contributed by atoms with Gasteiger partial charge in [-0.2, -0.15) is 0 Å². The lowest BCUT2D eigenvalue weighted by molar-refractivity contribution is -0.139. The topological polar surface area (TPSA) is 69.4 Å². The van der Waals surface area contributed by atoms with Gasteiger partial charge in [0, 0.05) is 0 Å². The molecule has 0 spiro atoms. The fourth-order valence-electron chi connectivity index (χ4n) is 1.32. The van der Waals surface area contributed by atoms with Crippen LogP contribution in [0.25, 0.3) is 0 Å². The highest BCUT2D eigenvalue weighted by molar-refractivity contribution is 8.00. The average molecular weight is 253 g/mol. The van der Waals surface area contributed by atoms with E-state index in [0.717, 1.165) is 5.56 Å². The van der Waals surface area contributed by atoms with Gasteiger partial charge in [0.25, 0.3) is 0 Å². The minimum atomic E-state index is -0.513. The summed E-state index contributed by atoms with van der Waals surface area (Å²) in [7, 11) is 0. The Morgan fingerprint density at radius 3 is 2.53 bits per heavy atom. The van der Waals surface area contributed by atoms with Gasteiger partial charge >= 0.3 is 5.97 Å². The van der Waals surface area contributed by atoms with Gasteiger partial charge in [-0.3, -0.25) is 9.59 Å². The number of rotatable bonds is 6. The normalized spacial score (nSPS) is 11.8. The van der Waals surface area contributed by atoms with E-state index in [1.807, 2.05) is 30.3 Å². The van der Waals surface area contributed by atoms with Gasteiger partial charge in [0.05, 0.1) is 12.4 Å². The van der Waals surface area contributed by atoms with Crippen LogP contribution in [0.4, 0.5) is 0 Å². The van der Waals surface area contributed by atoms with Crippen molar-refractivity contribution in [3.05, 3.63) is 35.9 Å². The van der Waals surface area contributed by atoms with Crippen LogP contribution in [-0.2, 0) is 14.3 Å². The van der Waals surface area contributed by atoms with Crippen molar-refractivity contribution >= 4 is 23.6 Å². The van der Waals surface area contributed by atoms with Gasteiger partial charge in [-0.1, -0.05) is 30.3 Å². The van der Waals surface area contributed by atoms with Gasteiger partial charge in [0.2, 0.25) is 5.91 Å². The van der Waals surface area contributed by atoms with E-state index in [4.69, 9.17) is 10.5 Å². The van der Waals surface area contributed by atoms with Gasteiger partial charge in [-0.15, -0.1) is 11.8 Å². The summed E-state index contributed by atoms with van der Waals surface area (Å²) in [6.07, 6.45) is 0. The van der Waals surface area contributed by atoms with Crippen molar-refractivity contribution in [2.24, 2.45) is 5.73 Å². The second-order valence-electron chi connectivity index (χ2n) is 3.31. The minimum Gasteiger partial charge on any atom is -0.465 e. The lowest BCUT2D eigenvalue weighted by Gasteiger charge is -2.12. The summed E-state index contributed by atoms with van der Waals surface area (Å²) in [4.78, 5) is 22.5. The molecular weight excluding hydrogens is 238 g/mol. The molecule has 0 unspecified atom stereocenters. The lowest BCUT2D eigenvalue weighted by Crippen LogP contribution is -2.20. The van der Waals surface area contributed by atoms with Gasteiger partial charge in [-0.05, 0) is 12.5 Å². The van der Waals surface area contributed by atoms with Crippen molar-refractivity contribution in [1.82, 2.24) is 0 Å². The van der Waals surface area contributed by atoms with Crippen LogP contribution < -0.4 is 5.73 Å². The molecule has 0 saturated carbocycles. The van der Waals surface area contributed by atoms with Crippen LogP contribution in [0.2, 0.25) is 0 Å². The maximum atomic E-state index is 11.3. The fourth-order valence-corrected chi connectivity index (χ4v) is 2.22. The van der Waals surface area contributed by atoms with Crippen molar-refractivity contribution in [3.8, 4) is 0 Å². The molecule has 0 bridgehead atoms. The van der Waals surface area contributed by atoms with Crippen molar-refractivity contribution < 1.29 is 14.3 Å². The number of primary amides is 1. The average Bonchev–Trinajstić information content (AvgIpc) is 2.30. The van der Waals surface area contributed by atoms with Gasteiger partial charge in [0.1, 0.15) is 5.25 Å². The highest BCUT2D eigenvalue weighted by Gasteiger charge is 2.19. The molecule has 0 radical (unpaired) electrons. The monoisotopic (exact) mass is 253 g/mol. The largest absolute Gasteiger partial charge is 0.465 e. The van der Waals surface area contributed by atoms with E-state index < -0.39 is 11.2 Å². The van der Waals surface area contributed by atoms with Crippen molar-refractivity contribution in [2.45, 2.75) is 12.2 Å². The molecule has 1 amide bonds. The van der Waals surface area contributed by atoms with Crippen LogP contribution in [0.1, 0.15) is 17.7 Å². The van der Waals surface area contributed by atoms with E-state index in [1.165, 1.54) is 11.8 Å². The van der Waals surface area contributed by atoms with E-state index in [0.29, 0.717) is 6.61 Å². The SMILES string of the molecule is CCOC(=O)CS[C@H](C(N)=O)c1ccccc1. The number of thioether (sulfide) groups is 1. The second kappa shape index (κ2) is 6.96. The Balaban J connectivity index is 2.62. The zero-order chi connectivity index (χ0) is 12.7. The summed E-state index contributed by atoms with van der Waals surface area (Å²) >= 11 is 1.18. The predicted molar refractivity (Wildman–Crippen MR) is 67.5 cm³/mol. The molecule has 92 valence electrons. The van der Waals surface area contributed by atoms with Gasteiger partial charge in [0.15, 0.2) is 0 Å². The molecule has 1 atom stereocenters. The van der Waals surface area contributed by atoms with Gasteiger partial charge in [-0.25, -0.2) is 0 Å². The number of ether oxygens (including phenoxy) is 1. The van der Waals surface area contributed by atoms with Crippen LogP contribution in [0.5, 0.6) is 0 Å². The summed E-state index contributed by atoms with van der Waals surface area (Å²) in [5.74, 6) is -0.666. The first-order chi connectivity index (χ1) is 8.15. The molecule has 1 aromatic rings. The summed E-state index contributed by atoms with van der Waals surface area (Å²) < 4.78 is 4.80. The molecule has 0 aromatic heterocycles. The Bertz CT molecular complexity index is 381. The van der Waals surface area contributed by atoms with E-state index in [-0.39, 0.29) is 11.7 Å². The molecule has 0 aliphatic carbocycles. The maximum absolute atomic E-state index is 11.3. The Morgan fingerprint density at radius 1 is 1.35 bits per heavy atom. The van der Waals surface area contributed by atoms with E-state index >= 15 is 0 Å². The number of hydrogen-bond donors (Lipinski definition) is 1. The van der Waals surface area contributed by atoms with E-state index in [2.05, 4.69) is 0 Å². The molecule has 0 saturated heterocycles. The highest BCUT2D eigenvalue weighted by Crippen LogP contribution is 2.28. The molecule has 0 aliphatic heterocycles. The number of amides is 1. The minimum absolute atomic E-state index is 0.121. The molecule has 5 heteroatoms.